The number of aliphatic imine (C=N–C) groups is 1. The monoisotopic (exact) mass is 480 g/mol. The van der Waals surface area contributed by atoms with Gasteiger partial charge in [-0.25, -0.2) is 4.98 Å². The van der Waals surface area contributed by atoms with Crippen LogP contribution in [0.15, 0.2) is 10.4 Å². The quantitative estimate of drug-likeness (QED) is 0.312. The van der Waals surface area contributed by atoms with Gasteiger partial charge in [0.1, 0.15) is 0 Å². The van der Waals surface area contributed by atoms with Crippen LogP contribution in [0.3, 0.4) is 0 Å². The highest BCUT2D eigenvalue weighted by atomic mass is 127. The van der Waals surface area contributed by atoms with E-state index in [0.29, 0.717) is 6.54 Å². The lowest BCUT2D eigenvalue weighted by molar-refractivity contribution is -0.146. The summed E-state index contributed by atoms with van der Waals surface area (Å²) in [5, 5.41) is 6.63. The number of esters is 1. The normalized spacial score (nSPS) is 16.4. The summed E-state index contributed by atoms with van der Waals surface area (Å²) in [5.74, 6) is 0.774. The number of nitrogens with zero attached hydrogens (tertiary/aromatic N) is 3. The lowest BCUT2D eigenvalue weighted by Gasteiger charge is -2.33. The SMILES string of the molecule is CN=C(NCc1csc(C(C)(C)C)n1)N1CCC(C(=O)OC)CC1.I. The van der Waals surface area contributed by atoms with E-state index in [2.05, 4.69) is 41.4 Å². The Kier molecular flexibility index (Phi) is 8.59. The molecule has 0 unspecified atom stereocenters. The molecule has 8 heteroatoms. The van der Waals surface area contributed by atoms with Gasteiger partial charge in [0.25, 0.3) is 0 Å². The van der Waals surface area contributed by atoms with Crippen molar-refractivity contribution >= 4 is 47.2 Å². The second kappa shape index (κ2) is 9.70. The van der Waals surface area contributed by atoms with E-state index in [1.54, 1.807) is 18.4 Å². The number of carbonyl (C=O) groups excluding carboxylic acids is 1. The maximum Gasteiger partial charge on any atom is 0.308 e. The molecule has 25 heavy (non-hydrogen) atoms. The van der Waals surface area contributed by atoms with Crippen molar-refractivity contribution in [2.45, 2.75) is 45.6 Å². The molecule has 0 amide bonds. The Morgan fingerprint density at radius 3 is 2.56 bits per heavy atom. The second-order valence-electron chi connectivity index (χ2n) is 7.08. The Bertz CT molecular complexity index is 590. The topological polar surface area (TPSA) is 66.8 Å². The molecule has 0 atom stereocenters. The average molecular weight is 480 g/mol. The molecular weight excluding hydrogens is 451 g/mol. The number of piperidine rings is 1. The number of carbonyl (C=O) groups is 1. The number of halogens is 1. The molecule has 1 aliphatic heterocycles. The Hall–Kier alpha value is -0.900. The van der Waals surface area contributed by atoms with Gasteiger partial charge in [-0.3, -0.25) is 9.79 Å². The average Bonchev–Trinajstić information content (AvgIpc) is 3.04. The summed E-state index contributed by atoms with van der Waals surface area (Å²) in [4.78, 5) is 22.9. The molecule has 0 spiro atoms. The van der Waals surface area contributed by atoms with Gasteiger partial charge in [0.2, 0.25) is 0 Å². The third kappa shape index (κ3) is 6.09. The van der Waals surface area contributed by atoms with E-state index >= 15 is 0 Å². The van der Waals surface area contributed by atoms with Crippen molar-refractivity contribution in [2.75, 3.05) is 27.2 Å². The van der Waals surface area contributed by atoms with Gasteiger partial charge in [-0.2, -0.15) is 0 Å². The number of ether oxygens (including phenoxy) is 1. The van der Waals surface area contributed by atoms with Crippen LogP contribution in [-0.2, 0) is 21.5 Å². The maximum absolute atomic E-state index is 11.6. The molecule has 0 aliphatic carbocycles. The van der Waals surface area contributed by atoms with Crippen molar-refractivity contribution in [3.8, 4) is 0 Å². The van der Waals surface area contributed by atoms with E-state index in [4.69, 9.17) is 9.72 Å². The van der Waals surface area contributed by atoms with Gasteiger partial charge < -0.3 is 15.0 Å². The number of rotatable bonds is 3. The summed E-state index contributed by atoms with van der Waals surface area (Å²) in [5.41, 5.74) is 1.12. The number of nitrogens with one attached hydrogen (secondary N) is 1. The lowest BCUT2D eigenvalue weighted by atomic mass is 9.97. The van der Waals surface area contributed by atoms with Crippen molar-refractivity contribution < 1.29 is 9.53 Å². The van der Waals surface area contributed by atoms with E-state index in [0.717, 1.165) is 42.6 Å². The molecule has 2 rings (SSSR count). The standard InChI is InChI=1S/C17H28N4O2S.HI/c1-17(2,3)15-20-13(11-24-15)10-19-16(18-4)21-8-6-12(7-9-21)14(22)23-5;/h11-12H,6-10H2,1-5H3,(H,18,19);1H. The van der Waals surface area contributed by atoms with E-state index in [-0.39, 0.29) is 41.3 Å². The Morgan fingerprint density at radius 1 is 1.44 bits per heavy atom. The number of hydrogen-bond donors (Lipinski definition) is 1. The third-order valence-electron chi connectivity index (χ3n) is 4.16. The van der Waals surface area contributed by atoms with Crippen LogP contribution in [0.1, 0.15) is 44.3 Å². The first-order chi connectivity index (χ1) is 11.3. The van der Waals surface area contributed by atoms with Gasteiger partial charge >= 0.3 is 5.97 Å². The van der Waals surface area contributed by atoms with E-state index in [9.17, 15) is 4.79 Å². The highest BCUT2D eigenvalue weighted by molar-refractivity contribution is 14.0. The molecule has 1 aromatic heterocycles. The molecular formula is C17H29IN4O2S. The van der Waals surface area contributed by atoms with E-state index in [1.807, 2.05) is 0 Å². The van der Waals surface area contributed by atoms with Gasteiger partial charge in [-0.1, -0.05) is 20.8 Å². The first-order valence-corrected chi connectivity index (χ1v) is 9.21. The maximum atomic E-state index is 11.6. The van der Waals surface area contributed by atoms with Crippen LogP contribution in [0, 0.1) is 5.92 Å². The fourth-order valence-corrected chi connectivity index (χ4v) is 3.64. The minimum Gasteiger partial charge on any atom is -0.469 e. The van der Waals surface area contributed by atoms with Crippen LogP contribution >= 0.6 is 35.3 Å². The number of thiazole rings is 1. The highest BCUT2D eigenvalue weighted by Gasteiger charge is 2.27. The molecule has 1 N–H and O–H groups in total. The minimum atomic E-state index is -0.102. The molecule has 0 aromatic carbocycles. The lowest BCUT2D eigenvalue weighted by Crippen LogP contribution is -2.46. The number of guanidine groups is 1. The van der Waals surface area contributed by atoms with E-state index in [1.165, 1.54) is 7.11 Å². The van der Waals surface area contributed by atoms with Crippen LogP contribution in [0.5, 0.6) is 0 Å². The van der Waals surface area contributed by atoms with Crippen LogP contribution in [-0.4, -0.2) is 49.1 Å². The summed E-state index contributed by atoms with van der Waals surface area (Å²) >= 11 is 1.70. The zero-order valence-electron chi connectivity index (χ0n) is 15.7. The van der Waals surface area contributed by atoms with E-state index < -0.39 is 0 Å². The molecule has 2 heterocycles. The smallest absolute Gasteiger partial charge is 0.308 e. The van der Waals surface area contributed by atoms with Crippen molar-refractivity contribution in [1.82, 2.24) is 15.2 Å². The van der Waals surface area contributed by atoms with Crippen molar-refractivity contribution in [3.63, 3.8) is 0 Å². The molecule has 142 valence electrons. The molecule has 6 nitrogen and oxygen atoms in total. The Balaban J connectivity index is 0.00000312. The van der Waals surface area contributed by atoms with Gasteiger partial charge in [-0.15, -0.1) is 35.3 Å². The molecule has 1 saturated heterocycles. The van der Waals surface area contributed by atoms with Crippen molar-refractivity contribution in [3.05, 3.63) is 16.1 Å². The molecule has 1 fully saturated rings. The minimum absolute atomic E-state index is 0. The summed E-state index contributed by atoms with van der Waals surface area (Å²) in [6, 6.07) is 0. The Morgan fingerprint density at radius 2 is 2.08 bits per heavy atom. The number of likely N-dealkylation sites (tertiary alicyclic amines) is 1. The summed E-state index contributed by atoms with van der Waals surface area (Å²) < 4.78 is 4.84. The first-order valence-electron chi connectivity index (χ1n) is 8.33. The summed E-state index contributed by atoms with van der Waals surface area (Å²) in [7, 11) is 3.24. The van der Waals surface area contributed by atoms with Crippen LogP contribution in [0.4, 0.5) is 0 Å². The van der Waals surface area contributed by atoms with Crippen molar-refractivity contribution in [2.24, 2.45) is 10.9 Å². The van der Waals surface area contributed by atoms with Gasteiger partial charge in [-0.05, 0) is 12.8 Å². The van der Waals surface area contributed by atoms with Crippen LogP contribution < -0.4 is 5.32 Å². The molecule has 1 aromatic rings. The zero-order valence-corrected chi connectivity index (χ0v) is 18.8. The van der Waals surface area contributed by atoms with Crippen molar-refractivity contribution in [1.29, 1.82) is 0 Å². The summed E-state index contributed by atoms with van der Waals surface area (Å²) in [6.07, 6.45) is 1.61. The second-order valence-corrected chi connectivity index (χ2v) is 7.94. The number of methoxy groups -OCH3 is 1. The predicted octanol–water partition coefficient (Wildman–Crippen LogP) is 3.02. The fraction of sp³-hybridized carbons (Fsp3) is 0.706. The number of aromatic nitrogens is 1. The Labute approximate surface area is 171 Å². The van der Waals surface area contributed by atoms with Gasteiger partial charge in [0.05, 0.1) is 30.3 Å². The highest BCUT2D eigenvalue weighted by Crippen LogP contribution is 2.25. The largest absolute Gasteiger partial charge is 0.469 e. The van der Waals surface area contributed by atoms with Crippen LogP contribution in [0.25, 0.3) is 0 Å². The first kappa shape index (κ1) is 22.1. The predicted molar refractivity (Wildman–Crippen MR) is 113 cm³/mol. The number of hydrogen-bond acceptors (Lipinski definition) is 5. The van der Waals surface area contributed by atoms with Gasteiger partial charge in [0, 0.05) is 30.9 Å². The molecule has 0 bridgehead atoms. The molecule has 0 saturated carbocycles. The molecule has 1 aliphatic rings. The third-order valence-corrected chi connectivity index (χ3v) is 5.48. The van der Waals surface area contributed by atoms with Crippen LogP contribution in [0.2, 0.25) is 0 Å². The summed E-state index contributed by atoms with van der Waals surface area (Å²) in [6.45, 7) is 8.80. The fourth-order valence-electron chi connectivity index (χ4n) is 2.73. The zero-order chi connectivity index (χ0) is 17.7. The van der Waals surface area contributed by atoms with Gasteiger partial charge in [0.15, 0.2) is 5.96 Å². The molecule has 0 radical (unpaired) electrons.